The lowest BCUT2D eigenvalue weighted by Gasteiger charge is -2.33. The van der Waals surface area contributed by atoms with Gasteiger partial charge in [-0.1, -0.05) is 109 Å². The van der Waals surface area contributed by atoms with Crippen molar-refractivity contribution in [3.8, 4) is 33.4 Å². The lowest BCUT2D eigenvalue weighted by atomic mass is 9.69. The number of rotatable bonds is 6. The highest BCUT2D eigenvalue weighted by Gasteiger charge is 2.32. The van der Waals surface area contributed by atoms with E-state index in [0.29, 0.717) is 0 Å². The third kappa shape index (κ3) is 5.33. The predicted octanol–water partition coefficient (Wildman–Crippen LogP) is 11.2. The summed E-state index contributed by atoms with van der Waals surface area (Å²) in [6.07, 6.45) is 0. The second-order valence-corrected chi connectivity index (χ2v) is 12.3. The van der Waals surface area contributed by atoms with Gasteiger partial charge in [-0.05, 0) is 99.8 Å². The van der Waals surface area contributed by atoms with Crippen molar-refractivity contribution in [1.82, 2.24) is 0 Å². The van der Waals surface area contributed by atoms with Crippen molar-refractivity contribution in [2.75, 3.05) is 0 Å². The fraction of sp³-hybridized carbons (Fsp3) is 0.0769. The maximum atomic E-state index is 4.87. The summed E-state index contributed by atoms with van der Waals surface area (Å²) in [5.74, 6) is 0. The van der Waals surface area contributed by atoms with Crippen LogP contribution in [0.15, 0.2) is 154 Å². The Morgan fingerprint density at radius 1 is 0.405 bits per heavy atom. The summed E-state index contributed by atoms with van der Waals surface area (Å²) in [5.41, 5.74) is 11.3. The average molecular weight is 597 g/mol. The fourth-order valence-electron chi connectivity index (χ4n) is 5.82. The maximum Gasteiger partial charge on any atom is 0.0423 e. The Morgan fingerprint density at radius 2 is 0.857 bits per heavy atom. The van der Waals surface area contributed by atoms with Crippen LogP contribution in [-0.4, -0.2) is 0 Å². The van der Waals surface area contributed by atoms with E-state index in [-0.39, 0.29) is 0 Å². The Balaban J connectivity index is 1.58. The van der Waals surface area contributed by atoms with Gasteiger partial charge in [0.05, 0.1) is 0 Å². The van der Waals surface area contributed by atoms with E-state index >= 15 is 0 Å². The molecule has 0 N–H and O–H groups in total. The Hall–Kier alpha value is -3.63. The molecule has 0 heterocycles. The van der Waals surface area contributed by atoms with E-state index in [4.69, 9.17) is 37.9 Å². The summed E-state index contributed by atoms with van der Waals surface area (Å²) in [7, 11) is 0. The minimum absolute atomic E-state index is 0.453. The highest BCUT2D eigenvalue weighted by Crippen LogP contribution is 2.44. The normalized spacial score (nSPS) is 12.6. The van der Waals surface area contributed by atoms with Crippen molar-refractivity contribution in [3.05, 3.63) is 162 Å². The van der Waals surface area contributed by atoms with Crippen LogP contribution in [0.4, 0.5) is 0 Å². The van der Waals surface area contributed by atoms with Crippen LogP contribution in [0.25, 0.3) is 33.4 Å². The van der Waals surface area contributed by atoms with Crippen molar-refractivity contribution in [2.24, 2.45) is 0 Å². The van der Waals surface area contributed by atoms with Crippen molar-refractivity contribution >= 4 is 37.9 Å². The molecule has 0 saturated carbocycles. The van der Waals surface area contributed by atoms with E-state index in [1.54, 1.807) is 0 Å². The summed E-state index contributed by atoms with van der Waals surface area (Å²) in [5, 5.41) is 0. The molecule has 1 atom stereocenters. The lowest BCUT2D eigenvalue weighted by molar-refractivity contribution is 0.692. The van der Waals surface area contributed by atoms with Gasteiger partial charge >= 0.3 is 0 Å². The van der Waals surface area contributed by atoms with E-state index < -0.39 is 5.41 Å². The molecule has 0 amide bonds. The molecular formula is C39H32S3. The smallest absolute Gasteiger partial charge is 0.0423 e. The standard InChI is InChI=1S/C39H32S3/c1-26-16-19-30(24-34(26)32-12-6-8-14-36(32)40)39(2,29-20-17-28(18-21-29)27-10-4-3-5-11-27)31-22-23-38(42)35(25-31)33-13-7-9-15-37(33)41/h3-25,40-42H,1-2H3. The number of hydrogen-bond donors (Lipinski definition) is 3. The lowest BCUT2D eigenvalue weighted by Crippen LogP contribution is -2.25. The quantitative estimate of drug-likeness (QED) is 0.124. The summed E-state index contributed by atoms with van der Waals surface area (Å²) >= 11 is 14.5. The van der Waals surface area contributed by atoms with Gasteiger partial charge in [0.1, 0.15) is 0 Å². The molecule has 0 saturated heterocycles. The number of hydrogen-bond acceptors (Lipinski definition) is 3. The molecule has 6 aromatic rings. The Bertz CT molecular complexity index is 1780. The summed E-state index contributed by atoms with van der Waals surface area (Å²) in [6, 6.07) is 49.5. The molecule has 1 unspecified atom stereocenters. The van der Waals surface area contributed by atoms with Gasteiger partial charge in [0.25, 0.3) is 0 Å². The van der Waals surface area contributed by atoms with Gasteiger partial charge in [0, 0.05) is 20.1 Å². The van der Waals surface area contributed by atoms with Gasteiger partial charge in [-0.15, -0.1) is 37.9 Å². The van der Waals surface area contributed by atoms with Gasteiger partial charge in [-0.25, -0.2) is 0 Å². The zero-order valence-electron chi connectivity index (χ0n) is 23.6. The van der Waals surface area contributed by atoms with Gasteiger partial charge in [-0.2, -0.15) is 0 Å². The number of benzene rings is 6. The Labute approximate surface area is 265 Å². The minimum Gasteiger partial charge on any atom is -0.143 e. The molecule has 42 heavy (non-hydrogen) atoms. The van der Waals surface area contributed by atoms with E-state index in [1.165, 1.54) is 38.9 Å². The Kier molecular flexibility index (Phi) is 8.09. The SMILES string of the molecule is Cc1ccc(C(C)(c2ccc(-c3ccccc3)cc2)c2ccc(S)c(-c3ccccc3S)c2)cc1-c1ccccc1S. The van der Waals surface area contributed by atoms with Gasteiger partial charge < -0.3 is 0 Å². The molecule has 0 aliphatic heterocycles. The zero-order valence-corrected chi connectivity index (χ0v) is 26.3. The van der Waals surface area contributed by atoms with Crippen LogP contribution in [-0.2, 0) is 5.41 Å². The first-order valence-corrected chi connectivity index (χ1v) is 15.4. The highest BCUT2D eigenvalue weighted by molar-refractivity contribution is 7.81. The second-order valence-electron chi connectivity index (χ2n) is 10.9. The molecule has 0 radical (unpaired) electrons. The third-order valence-electron chi connectivity index (χ3n) is 8.35. The van der Waals surface area contributed by atoms with Crippen LogP contribution in [0.1, 0.15) is 29.2 Å². The molecule has 0 aliphatic carbocycles. The Morgan fingerprint density at radius 3 is 1.48 bits per heavy atom. The maximum absolute atomic E-state index is 4.87. The number of aryl methyl sites for hydroxylation is 1. The largest absolute Gasteiger partial charge is 0.143 e. The molecule has 0 bridgehead atoms. The molecule has 6 aromatic carbocycles. The first-order chi connectivity index (χ1) is 20.4. The molecule has 0 fully saturated rings. The molecule has 3 heteroatoms. The van der Waals surface area contributed by atoms with Crippen LogP contribution >= 0.6 is 37.9 Å². The van der Waals surface area contributed by atoms with Gasteiger partial charge in [0.2, 0.25) is 0 Å². The highest BCUT2D eigenvalue weighted by atomic mass is 32.1. The van der Waals surface area contributed by atoms with E-state index in [0.717, 1.165) is 31.4 Å². The summed E-state index contributed by atoms with van der Waals surface area (Å²) in [4.78, 5) is 2.83. The van der Waals surface area contributed by atoms with Crippen LogP contribution in [0.3, 0.4) is 0 Å². The first-order valence-electron chi connectivity index (χ1n) is 14.0. The molecular weight excluding hydrogens is 565 g/mol. The molecule has 0 aromatic heterocycles. The van der Waals surface area contributed by atoms with Crippen LogP contribution < -0.4 is 0 Å². The predicted molar refractivity (Wildman–Crippen MR) is 188 cm³/mol. The van der Waals surface area contributed by atoms with Gasteiger partial charge in [0.15, 0.2) is 0 Å². The third-order valence-corrected chi connectivity index (χ3v) is 9.52. The van der Waals surface area contributed by atoms with E-state index in [2.05, 4.69) is 135 Å². The summed E-state index contributed by atoms with van der Waals surface area (Å²) in [6.45, 7) is 4.50. The molecule has 6 rings (SSSR count). The topological polar surface area (TPSA) is 0 Å². The van der Waals surface area contributed by atoms with Crippen molar-refractivity contribution < 1.29 is 0 Å². The monoisotopic (exact) mass is 596 g/mol. The van der Waals surface area contributed by atoms with Crippen molar-refractivity contribution in [2.45, 2.75) is 33.9 Å². The minimum atomic E-state index is -0.453. The van der Waals surface area contributed by atoms with E-state index in [9.17, 15) is 0 Å². The van der Waals surface area contributed by atoms with Crippen molar-refractivity contribution in [1.29, 1.82) is 0 Å². The molecule has 0 nitrogen and oxygen atoms in total. The second kappa shape index (κ2) is 11.9. The zero-order chi connectivity index (χ0) is 29.3. The average Bonchev–Trinajstić information content (AvgIpc) is 3.02. The molecule has 0 spiro atoms. The van der Waals surface area contributed by atoms with Gasteiger partial charge in [-0.3, -0.25) is 0 Å². The number of thiol groups is 3. The van der Waals surface area contributed by atoms with Crippen LogP contribution in [0.5, 0.6) is 0 Å². The molecule has 206 valence electrons. The summed E-state index contributed by atoms with van der Waals surface area (Å²) < 4.78 is 0. The van der Waals surface area contributed by atoms with Crippen molar-refractivity contribution in [3.63, 3.8) is 0 Å². The fourth-order valence-corrected chi connectivity index (χ4v) is 6.64. The van der Waals surface area contributed by atoms with E-state index in [1.807, 2.05) is 18.2 Å². The first kappa shape index (κ1) is 28.5. The molecule has 0 aliphatic rings. The van der Waals surface area contributed by atoms with Crippen LogP contribution in [0.2, 0.25) is 0 Å². The van der Waals surface area contributed by atoms with Crippen LogP contribution in [0, 0.1) is 6.92 Å².